The van der Waals surface area contributed by atoms with E-state index < -0.39 is 4.92 Å². The van der Waals surface area contributed by atoms with E-state index in [1.54, 1.807) is 30.3 Å². The number of nitro groups is 1. The van der Waals surface area contributed by atoms with Crippen LogP contribution in [0.15, 0.2) is 42.5 Å². The maximum atomic E-state index is 12.5. The third-order valence-electron chi connectivity index (χ3n) is 5.29. The molecular weight excluding hydrogens is 386 g/mol. The second-order valence-corrected chi connectivity index (χ2v) is 7.35. The first kappa shape index (κ1) is 21.3. The fraction of sp³-hybridized carbons (Fsp3) is 0.364. The van der Waals surface area contributed by atoms with Crippen molar-refractivity contribution in [1.29, 1.82) is 0 Å². The number of benzene rings is 2. The number of carbonyl (C=O) groups excluding carboxylic acids is 2. The lowest BCUT2D eigenvalue weighted by atomic mass is 9.88. The highest BCUT2D eigenvalue weighted by Crippen LogP contribution is 2.30. The standard InChI is InChI=1S/C22H25N3O5/c1-30-20-12-11-18(13-19(20)25(28)29)24-22(27)17-9-7-15(8-10-17)14-23-21(26)16-5-3-2-4-6-16/h7-13,16H,2-6,14H2,1H3,(H,23,26)(H,24,27). The van der Waals surface area contributed by atoms with Gasteiger partial charge in [0.1, 0.15) is 0 Å². The summed E-state index contributed by atoms with van der Waals surface area (Å²) >= 11 is 0. The normalized spacial score (nSPS) is 14.0. The molecule has 0 aromatic heterocycles. The number of anilines is 1. The van der Waals surface area contributed by atoms with Gasteiger partial charge in [-0.25, -0.2) is 0 Å². The van der Waals surface area contributed by atoms with E-state index in [9.17, 15) is 19.7 Å². The van der Waals surface area contributed by atoms with E-state index >= 15 is 0 Å². The lowest BCUT2D eigenvalue weighted by Crippen LogP contribution is -2.31. The first-order chi connectivity index (χ1) is 14.5. The zero-order valence-corrected chi connectivity index (χ0v) is 16.8. The van der Waals surface area contributed by atoms with Crippen molar-refractivity contribution < 1.29 is 19.2 Å². The van der Waals surface area contributed by atoms with Crippen molar-refractivity contribution in [3.63, 3.8) is 0 Å². The molecule has 8 nitrogen and oxygen atoms in total. The number of methoxy groups -OCH3 is 1. The van der Waals surface area contributed by atoms with E-state index in [0.29, 0.717) is 17.8 Å². The molecule has 1 saturated carbocycles. The molecule has 0 atom stereocenters. The highest BCUT2D eigenvalue weighted by molar-refractivity contribution is 6.04. The van der Waals surface area contributed by atoms with Gasteiger partial charge in [0.2, 0.25) is 5.91 Å². The Bertz CT molecular complexity index is 921. The fourth-order valence-electron chi connectivity index (χ4n) is 3.59. The van der Waals surface area contributed by atoms with Crippen molar-refractivity contribution >= 4 is 23.2 Å². The van der Waals surface area contributed by atoms with Crippen molar-refractivity contribution in [2.45, 2.75) is 38.6 Å². The van der Waals surface area contributed by atoms with Crippen LogP contribution in [0.1, 0.15) is 48.0 Å². The number of ether oxygens (including phenoxy) is 1. The number of nitrogens with one attached hydrogen (secondary N) is 2. The SMILES string of the molecule is COc1ccc(NC(=O)c2ccc(CNC(=O)C3CCCCC3)cc2)cc1[N+](=O)[O-]. The van der Waals surface area contributed by atoms with Gasteiger partial charge < -0.3 is 15.4 Å². The Hall–Kier alpha value is -3.42. The molecular formula is C22H25N3O5. The Morgan fingerprint density at radius 1 is 1.10 bits per heavy atom. The number of hydrogen-bond acceptors (Lipinski definition) is 5. The van der Waals surface area contributed by atoms with Crippen LogP contribution in [0, 0.1) is 16.0 Å². The molecule has 2 aromatic carbocycles. The molecule has 0 aliphatic heterocycles. The summed E-state index contributed by atoms with van der Waals surface area (Å²) in [6.07, 6.45) is 5.33. The van der Waals surface area contributed by atoms with Crippen LogP contribution >= 0.6 is 0 Å². The Morgan fingerprint density at radius 3 is 2.43 bits per heavy atom. The van der Waals surface area contributed by atoms with Gasteiger partial charge in [0.15, 0.2) is 5.75 Å². The van der Waals surface area contributed by atoms with Crippen molar-refractivity contribution in [2.75, 3.05) is 12.4 Å². The largest absolute Gasteiger partial charge is 0.490 e. The molecule has 0 heterocycles. The molecule has 0 saturated heterocycles. The molecule has 8 heteroatoms. The van der Waals surface area contributed by atoms with Crippen LogP contribution in [-0.2, 0) is 11.3 Å². The van der Waals surface area contributed by atoms with E-state index in [4.69, 9.17) is 4.74 Å². The van der Waals surface area contributed by atoms with Gasteiger partial charge in [-0.3, -0.25) is 19.7 Å². The number of nitrogens with zero attached hydrogens (tertiary/aromatic N) is 1. The molecule has 0 radical (unpaired) electrons. The molecule has 1 aliphatic carbocycles. The minimum atomic E-state index is -0.565. The van der Waals surface area contributed by atoms with Gasteiger partial charge in [-0.2, -0.15) is 0 Å². The number of amides is 2. The highest BCUT2D eigenvalue weighted by atomic mass is 16.6. The fourth-order valence-corrected chi connectivity index (χ4v) is 3.59. The Kier molecular flexibility index (Phi) is 7.00. The zero-order chi connectivity index (χ0) is 21.5. The molecule has 158 valence electrons. The third kappa shape index (κ3) is 5.34. The van der Waals surface area contributed by atoms with Gasteiger partial charge in [-0.1, -0.05) is 31.4 Å². The topological polar surface area (TPSA) is 111 Å². The number of nitro benzene ring substituents is 1. The summed E-state index contributed by atoms with van der Waals surface area (Å²) < 4.78 is 4.96. The van der Waals surface area contributed by atoms with E-state index in [1.807, 2.05) is 0 Å². The monoisotopic (exact) mass is 411 g/mol. The maximum absolute atomic E-state index is 12.5. The molecule has 2 amide bonds. The van der Waals surface area contributed by atoms with Gasteiger partial charge >= 0.3 is 5.69 Å². The summed E-state index contributed by atoms with van der Waals surface area (Å²) in [6.45, 7) is 0.419. The van der Waals surface area contributed by atoms with Gasteiger partial charge in [0, 0.05) is 29.8 Å². The Labute approximate surface area is 174 Å². The van der Waals surface area contributed by atoms with Crippen LogP contribution in [-0.4, -0.2) is 23.8 Å². The van der Waals surface area contributed by atoms with E-state index in [0.717, 1.165) is 31.2 Å². The summed E-state index contributed by atoms with van der Waals surface area (Å²) in [5.74, 6) is -0.0557. The van der Waals surface area contributed by atoms with Gasteiger partial charge in [-0.15, -0.1) is 0 Å². The summed E-state index contributed by atoms with van der Waals surface area (Å²) in [6, 6.07) is 11.1. The minimum absolute atomic E-state index is 0.0950. The average molecular weight is 411 g/mol. The molecule has 2 N–H and O–H groups in total. The van der Waals surface area contributed by atoms with Crippen LogP contribution in [0.3, 0.4) is 0 Å². The maximum Gasteiger partial charge on any atom is 0.312 e. The van der Waals surface area contributed by atoms with Crippen molar-refractivity contribution in [1.82, 2.24) is 5.32 Å². The van der Waals surface area contributed by atoms with Crippen molar-refractivity contribution in [2.24, 2.45) is 5.92 Å². The second kappa shape index (κ2) is 9.87. The van der Waals surface area contributed by atoms with E-state index in [1.165, 1.54) is 25.7 Å². The zero-order valence-electron chi connectivity index (χ0n) is 16.8. The van der Waals surface area contributed by atoms with Gasteiger partial charge in [-0.05, 0) is 42.7 Å². The summed E-state index contributed by atoms with van der Waals surface area (Å²) in [5.41, 5.74) is 1.39. The van der Waals surface area contributed by atoms with Crippen LogP contribution in [0.5, 0.6) is 5.75 Å². The first-order valence-electron chi connectivity index (χ1n) is 9.98. The van der Waals surface area contributed by atoms with Crippen molar-refractivity contribution in [3.8, 4) is 5.75 Å². The van der Waals surface area contributed by atoms with E-state index in [2.05, 4.69) is 10.6 Å². The Balaban J connectivity index is 1.58. The number of carbonyl (C=O) groups is 2. The highest BCUT2D eigenvalue weighted by Gasteiger charge is 2.20. The van der Waals surface area contributed by atoms with Crippen LogP contribution in [0.2, 0.25) is 0 Å². The molecule has 1 fully saturated rings. The third-order valence-corrected chi connectivity index (χ3v) is 5.29. The number of hydrogen-bond donors (Lipinski definition) is 2. The lowest BCUT2D eigenvalue weighted by Gasteiger charge is -2.20. The molecule has 1 aliphatic rings. The molecule has 30 heavy (non-hydrogen) atoms. The quantitative estimate of drug-likeness (QED) is 0.527. The van der Waals surface area contributed by atoms with Crippen LogP contribution < -0.4 is 15.4 Å². The molecule has 0 unspecified atom stereocenters. The molecule has 0 spiro atoms. The second-order valence-electron chi connectivity index (χ2n) is 7.35. The van der Waals surface area contributed by atoms with Crippen LogP contribution in [0.4, 0.5) is 11.4 Å². The number of rotatable bonds is 7. The predicted octanol–water partition coefficient (Wildman–Crippen LogP) is 4.05. The first-order valence-corrected chi connectivity index (χ1v) is 9.98. The average Bonchev–Trinajstić information content (AvgIpc) is 2.78. The predicted molar refractivity (Wildman–Crippen MR) is 112 cm³/mol. The summed E-state index contributed by atoms with van der Waals surface area (Å²) in [7, 11) is 1.35. The summed E-state index contributed by atoms with van der Waals surface area (Å²) in [4.78, 5) is 35.2. The van der Waals surface area contributed by atoms with Gasteiger partial charge in [0.25, 0.3) is 5.91 Å². The molecule has 0 bridgehead atoms. The lowest BCUT2D eigenvalue weighted by molar-refractivity contribution is -0.385. The van der Waals surface area contributed by atoms with Crippen molar-refractivity contribution in [3.05, 3.63) is 63.7 Å². The van der Waals surface area contributed by atoms with Crippen LogP contribution in [0.25, 0.3) is 0 Å². The smallest absolute Gasteiger partial charge is 0.312 e. The van der Waals surface area contributed by atoms with E-state index in [-0.39, 0.29) is 29.2 Å². The summed E-state index contributed by atoms with van der Waals surface area (Å²) in [5, 5.41) is 16.7. The Morgan fingerprint density at radius 2 is 1.80 bits per heavy atom. The molecule has 3 rings (SSSR count). The molecule has 2 aromatic rings. The van der Waals surface area contributed by atoms with Gasteiger partial charge in [0.05, 0.1) is 12.0 Å². The minimum Gasteiger partial charge on any atom is -0.490 e.